The molecule has 3 aromatic rings. The van der Waals surface area contributed by atoms with E-state index in [4.69, 9.17) is 11.6 Å². The minimum atomic E-state index is -5.48. The van der Waals surface area contributed by atoms with Crippen molar-refractivity contribution in [1.29, 1.82) is 0 Å². The van der Waals surface area contributed by atoms with Gasteiger partial charge in [-0.3, -0.25) is 14.9 Å². The minimum Gasteiger partial charge on any atom is -0.358 e. The van der Waals surface area contributed by atoms with E-state index in [0.29, 0.717) is 23.1 Å². The summed E-state index contributed by atoms with van der Waals surface area (Å²) in [6.45, 7) is -1.44. The van der Waals surface area contributed by atoms with E-state index in [0.717, 1.165) is 48.5 Å². The predicted octanol–water partition coefficient (Wildman–Crippen LogP) is 8.46. The molecule has 1 saturated heterocycles. The molecule has 0 amide bonds. The van der Waals surface area contributed by atoms with Gasteiger partial charge in [0.2, 0.25) is 0 Å². The molecule has 0 aromatic heterocycles. The molecule has 1 aliphatic rings. The van der Waals surface area contributed by atoms with Crippen molar-refractivity contribution in [2.24, 2.45) is 0 Å². The maximum absolute atomic E-state index is 15.0. The van der Waals surface area contributed by atoms with E-state index < -0.39 is 92.3 Å². The first kappa shape index (κ1) is 30.2. The third kappa shape index (κ3) is 5.32. The summed E-state index contributed by atoms with van der Waals surface area (Å²) >= 11 is 5.45. The van der Waals surface area contributed by atoms with Crippen molar-refractivity contribution in [1.82, 2.24) is 0 Å². The van der Waals surface area contributed by atoms with E-state index in [-0.39, 0.29) is 0 Å². The van der Waals surface area contributed by atoms with Crippen LogP contribution in [0.4, 0.5) is 50.9 Å². The number of carbonyl (C=O) groups is 1. The van der Waals surface area contributed by atoms with Crippen molar-refractivity contribution in [3.05, 3.63) is 105 Å². The van der Waals surface area contributed by atoms with Crippen molar-refractivity contribution in [2.75, 3.05) is 11.4 Å². The average molecular weight is 611 g/mol. The smallest absolute Gasteiger partial charge is 0.358 e. The molecule has 15 heteroatoms. The molecule has 0 N–H and O–H groups in total. The SMILES string of the molecule is O=C(Cl)c1cccc(N2CC(c3ccccc3C(F)(F)F)(C(F)(F)F)CC2c2ccccc2C(F)(F)F)c1[N+](=O)[O-]. The fourth-order valence-corrected chi connectivity index (χ4v) is 5.45. The zero-order valence-corrected chi connectivity index (χ0v) is 21.0. The topological polar surface area (TPSA) is 63.5 Å². The summed E-state index contributed by atoms with van der Waals surface area (Å²) in [5.41, 5.74) is -11.1. The standard InChI is InChI=1S/C26H16ClF9N2O3/c27-22(39)15-7-5-11-19(21(15)38(40)41)37-13-23(26(34,35)36,17-9-3-4-10-18(17)25(31,32)33)12-20(37)14-6-1-2-8-16(14)24(28,29)30/h1-11,20H,12-13H2. The number of benzene rings is 3. The van der Waals surface area contributed by atoms with E-state index in [2.05, 4.69) is 0 Å². The van der Waals surface area contributed by atoms with Gasteiger partial charge in [0, 0.05) is 6.54 Å². The lowest BCUT2D eigenvalue weighted by Crippen LogP contribution is -2.46. The molecule has 2 atom stereocenters. The van der Waals surface area contributed by atoms with Gasteiger partial charge in [0.05, 0.1) is 22.1 Å². The highest BCUT2D eigenvalue weighted by atomic mass is 35.5. The molecule has 0 bridgehead atoms. The summed E-state index contributed by atoms with van der Waals surface area (Å²) in [5.74, 6) is 0. The van der Waals surface area contributed by atoms with Crippen molar-refractivity contribution in [3.8, 4) is 0 Å². The van der Waals surface area contributed by atoms with E-state index >= 15 is 13.2 Å². The van der Waals surface area contributed by atoms with Gasteiger partial charge in [-0.15, -0.1) is 0 Å². The van der Waals surface area contributed by atoms with E-state index in [1.807, 2.05) is 0 Å². The normalized spacial score (nSPS) is 19.9. The van der Waals surface area contributed by atoms with Gasteiger partial charge in [0.25, 0.3) is 5.24 Å². The van der Waals surface area contributed by atoms with Gasteiger partial charge in [0.1, 0.15) is 16.7 Å². The van der Waals surface area contributed by atoms with Gasteiger partial charge in [-0.25, -0.2) is 0 Å². The van der Waals surface area contributed by atoms with Crippen LogP contribution in [0.2, 0.25) is 0 Å². The lowest BCUT2D eigenvalue weighted by molar-refractivity contribution is -0.384. The van der Waals surface area contributed by atoms with Crippen molar-refractivity contribution in [2.45, 2.75) is 36.4 Å². The molecule has 0 spiro atoms. The van der Waals surface area contributed by atoms with Crippen LogP contribution in [0.5, 0.6) is 0 Å². The van der Waals surface area contributed by atoms with E-state index in [9.17, 15) is 41.3 Å². The average Bonchev–Trinajstić information content (AvgIpc) is 3.29. The van der Waals surface area contributed by atoms with Gasteiger partial charge in [0.15, 0.2) is 0 Å². The number of para-hydroxylation sites is 1. The highest BCUT2D eigenvalue weighted by Gasteiger charge is 2.64. The lowest BCUT2D eigenvalue weighted by atomic mass is 9.74. The zero-order valence-electron chi connectivity index (χ0n) is 20.2. The molecule has 5 nitrogen and oxygen atoms in total. The van der Waals surface area contributed by atoms with Crippen LogP contribution >= 0.6 is 11.6 Å². The van der Waals surface area contributed by atoms with Crippen LogP contribution in [-0.4, -0.2) is 22.9 Å². The van der Waals surface area contributed by atoms with Gasteiger partial charge >= 0.3 is 24.2 Å². The Hall–Kier alpha value is -3.81. The number of hydrogen-bond acceptors (Lipinski definition) is 4. The van der Waals surface area contributed by atoms with Gasteiger partial charge < -0.3 is 4.90 Å². The Morgan fingerprint density at radius 2 is 1.41 bits per heavy atom. The fraction of sp³-hybridized carbons (Fsp3) is 0.269. The fourth-order valence-electron chi connectivity index (χ4n) is 5.30. The molecular weight excluding hydrogens is 595 g/mol. The Labute approximate surface area is 230 Å². The molecule has 2 unspecified atom stereocenters. The summed E-state index contributed by atoms with van der Waals surface area (Å²) in [5, 5.41) is 10.6. The minimum absolute atomic E-state index is 0.416. The molecule has 1 aliphatic heterocycles. The maximum Gasteiger partial charge on any atom is 0.416 e. The maximum atomic E-state index is 15.0. The zero-order chi connectivity index (χ0) is 30.5. The van der Waals surface area contributed by atoms with Crippen molar-refractivity contribution >= 4 is 28.2 Å². The number of nitrogens with zero attached hydrogens (tertiary/aromatic N) is 2. The van der Waals surface area contributed by atoms with Crippen molar-refractivity contribution < 1.29 is 49.2 Å². The van der Waals surface area contributed by atoms with Crippen LogP contribution in [0.15, 0.2) is 66.7 Å². The van der Waals surface area contributed by atoms with Gasteiger partial charge in [-0.1, -0.05) is 42.5 Å². The number of nitro benzene ring substituents is 1. The van der Waals surface area contributed by atoms with Crippen LogP contribution in [0.1, 0.15) is 45.1 Å². The number of halogens is 10. The number of nitro groups is 1. The summed E-state index contributed by atoms with van der Waals surface area (Å²) in [7, 11) is 0. The highest BCUT2D eigenvalue weighted by Crippen LogP contribution is 2.58. The van der Waals surface area contributed by atoms with Crippen LogP contribution < -0.4 is 4.90 Å². The Kier molecular flexibility index (Phi) is 7.52. The Balaban J connectivity index is 2.10. The molecule has 218 valence electrons. The van der Waals surface area contributed by atoms with Gasteiger partial charge in [-0.05, 0) is 53.4 Å². The summed E-state index contributed by atoms with van der Waals surface area (Å²) in [6.07, 6.45) is -17.2. The highest BCUT2D eigenvalue weighted by molar-refractivity contribution is 6.68. The quantitative estimate of drug-likeness (QED) is 0.126. The Morgan fingerprint density at radius 1 is 0.854 bits per heavy atom. The van der Waals surface area contributed by atoms with Crippen LogP contribution in [0.3, 0.4) is 0 Å². The number of rotatable bonds is 5. The molecule has 0 saturated carbocycles. The van der Waals surface area contributed by atoms with Crippen LogP contribution in [0.25, 0.3) is 0 Å². The molecule has 3 aromatic carbocycles. The molecule has 0 radical (unpaired) electrons. The third-order valence-electron chi connectivity index (χ3n) is 6.99. The Morgan fingerprint density at radius 3 is 1.95 bits per heavy atom. The first-order chi connectivity index (χ1) is 18.9. The second kappa shape index (κ2) is 10.2. The Bertz CT molecular complexity index is 1500. The van der Waals surface area contributed by atoms with Crippen molar-refractivity contribution in [3.63, 3.8) is 0 Å². The number of anilines is 1. The summed E-state index contributed by atoms with van der Waals surface area (Å²) < 4.78 is 129. The second-order valence-electron chi connectivity index (χ2n) is 9.26. The largest absolute Gasteiger partial charge is 0.416 e. The lowest BCUT2D eigenvalue weighted by Gasteiger charge is -2.34. The monoisotopic (exact) mass is 610 g/mol. The first-order valence-electron chi connectivity index (χ1n) is 11.5. The van der Waals surface area contributed by atoms with E-state index in [1.54, 1.807) is 0 Å². The molecule has 1 heterocycles. The molecular formula is C26H16ClF9N2O3. The summed E-state index contributed by atoms with van der Waals surface area (Å²) in [6, 6.07) is 7.10. The van der Waals surface area contributed by atoms with Crippen LogP contribution in [0, 0.1) is 10.1 Å². The van der Waals surface area contributed by atoms with E-state index in [1.165, 1.54) is 0 Å². The molecule has 4 rings (SSSR count). The molecule has 0 aliphatic carbocycles. The number of carbonyl (C=O) groups excluding carboxylic acids is 1. The molecule has 1 fully saturated rings. The predicted molar refractivity (Wildman–Crippen MR) is 129 cm³/mol. The van der Waals surface area contributed by atoms with Crippen LogP contribution in [-0.2, 0) is 17.8 Å². The number of hydrogen-bond donors (Lipinski definition) is 0. The molecule has 41 heavy (non-hydrogen) atoms. The summed E-state index contributed by atoms with van der Waals surface area (Å²) in [4.78, 5) is 23.4. The van der Waals surface area contributed by atoms with Gasteiger partial charge in [-0.2, -0.15) is 39.5 Å². The number of alkyl halides is 9. The first-order valence-corrected chi connectivity index (χ1v) is 11.9. The third-order valence-corrected chi connectivity index (χ3v) is 7.20. The second-order valence-corrected chi connectivity index (χ2v) is 9.60.